The van der Waals surface area contributed by atoms with Crippen LogP contribution < -0.4 is 15.4 Å². The van der Waals surface area contributed by atoms with Crippen LogP contribution in [0.1, 0.15) is 12.5 Å². The molecule has 0 saturated heterocycles. The summed E-state index contributed by atoms with van der Waals surface area (Å²) in [5, 5.41) is 7.96. The summed E-state index contributed by atoms with van der Waals surface area (Å²) in [6.07, 6.45) is 0. The van der Waals surface area contributed by atoms with Gasteiger partial charge in [0.15, 0.2) is 5.11 Å². The Balaban J connectivity index is 1.41. The maximum Gasteiger partial charge on any atom is 0.175 e. The third-order valence-corrected chi connectivity index (χ3v) is 5.63. The van der Waals surface area contributed by atoms with Gasteiger partial charge in [0.2, 0.25) is 0 Å². The summed E-state index contributed by atoms with van der Waals surface area (Å²) in [4.78, 5) is 4.74. The quantitative estimate of drug-likeness (QED) is 0.363. The summed E-state index contributed by atoms with van der Waals surface area (Å²) < 4.78 is 6.66. The monoisotopic (exact) mass is 419 g/mol. The van der Waals surface area contributed by atoms with Crippen LogP contribution in [0.5, 0.6) is 5.75 Å². The van der Waals surface area contributed by atoms with Crippen molar-refractivity contribution in [2.75, 3.05) is 17.2 Å². The number of thiazole rings is 1. The van der Waals surface area contributed by atoms with Crippen LogP contribution in [0.2, 0.25) is 0 Å². The van der Waals surface area contributed by atoms with Crippen molar-refractivity contribution in [1.82, 2.24) is 4.98 Å². The summed E-state index contributed by atoms with van der Waals surface area (Å²) in [6, 6.07) is 22.2. The molecular formula is C23H21N3OS2. The number of thiocarbonyl (C=S) groups is 1. The van der Waals surface area contributed by atoms with Gasteiger partial charge < -0.3 is 15.4 Å². The van der Waals surface area contributed by atoms with E-state index in [0.717, 1.165) is 33.2 Å². The van der Waals surface area contributed by atoms with E-state index < -0.39 is 0 Å². The molecule has 0 radical (unpaired) electrons. The molecule has 3 aromatic carbocycles. The number of aromatic nitrogens is 1. The average Bonchev–Trinajstić information content (AvgIpc) is 3.13. The van der Waals surface area contributed by atoms with E-state index in [-0.39, 0.29) is 0 Å². The number of hydrogen-bond donors (Lipinski definition) is 2. The number of fused-ring (bicyclic) bond motifs is 1. The third-order valence-electron chi connectivity index (χ3n) is 4.36. The van der Waals surface area contributed by atoms with Crippen molar-refractivity contribution in [3.8, 4) is 16.3 Å². The Morgan fingerprint density at radius 3 is 2.28 bits per heavy atom. The first-order valence-corrected chi connectivity index (χ1v) is 10.6. The average molecular weight is 420 g/mol. The van der Waals surface area contributed by atoms with E-state index in [2.05, 4.69) is 47.9 Å². The van der Waals surface area contributed by atoms with Crippen LogP contribution in [0.25, 0.3) is 20.8 Å². The van der Waals surface area contributed by atoms with Gasteiger partial charge in [0.25, 0.3) is 0 Å². The van der Waals surface area contributed by atoms with Crippen LogP contribution >= 0.6 is 23.6 Å². The number of nitrogens with zero attached hydrogens (tertiary/aromatic N) is 1. The van der Waals surface area contributed by atoms with Crippen LogP contribution in [0, 0.1) is 6.92 Å². The number of rotatable bonds is 5. The third kappa shape index (κ3) is 4.72. The lowest BCUT2D eigenvalue weighted by molar-refractivity contribution is 0.340. The fraction of sp³-hybridized carbons (Fsp3) is 0.130. The van der Waals surface area contributed by atoms with Gasteiger partial charge in [0.1, 0.15) is 10.8 Å². The van der Waals surface area contributed by atoms with Crippen molar-refractivity contribution in [3.63, 3.8) is 0 Å². The van der Waals surface area contributed by atoms with Gasteiger partial charge in [-0.25, -0.2) is 4.98 Å². The lowest BCUT2D eigenvalue weighted by Gasteiger charge is -2.11. The van der Waals surface area contributed by atoms with E-state index >= 15 is 0 Å². The number of ether oxygens (including phenoxy) is 1. The highest BCUT2D eigenvalue weighted by molar-refractivity contribution is 7.80. The number of benzene rings is 3. The van der Waals surface area contributed by atoms with E-state index in [4.69, 9.17) is 21.9 Å². The first-order valence-electron chi connectivity index (χ1n) is 9.39. The highest BCUT2D eigenvalue weighted by Crippen LogP contribution is 2.31. The maximum atomic E-state index is 5.45. The second kappa shape index (κ2) is 8.59. The molecule has 0 unspecified atom stereocenters. The first kappa shape index (κ1) is 19.4. The summed E-state index contributed by atoms with van der Waals surface area (Å²) in [5.74, 6) is 0.845. The minimum absolute atomic E-state index is 0.539. The van der Waals surface area contributed by atoms with E-state index in [1.54, 1.807) is 11.3 Å². The molecule has 2 N–H and O–H groups in total. The maximum absolute atomic E-state index is 5.45. The molecule has 1 heterocycles. The fourth-order valence-corrected chi connectivity index (χ4v) is 4.25. The van der Waals surface area contributed by atoms with E-state index in [0.29, 0.717) is 11.7 Å². The zero-order valence-corrected chi connectivity index (χ0v) is 17.9. The Labute approximate surface area is 179 Å². The van der Waals surface area contributed by atoms with E-state index in [1.807, 2.05) is 43.3 Å². The molecule has 0 fully saturated rings. The molecule has 4 aromatic rings. The molecule has 0 saturated carbocycles. The van der Waals surface area contributed by atoms with Gasteiger partial charge in [-0.2, -0.15) is 0 Å². The number of nitrogens with one attached hydrogen (secondary N) is 2. The summed E-state index contributed by atoms with van der Waals surface area (Å²) in [7, 11) is 0. The molecule has 1 aromatic heterocycles. The van der Waals surface area contributed by atoms with E-state index in [9.17, 15) is 0 Å². The summed E-state index contributed by atoms with van der Waals surface area (Å²) in [5.41, 5.74) is 5.22. The zero-order valence-electron chi connectivity index (χ0n) is 16.2. The van der Waals surface area contributed by atoms with E-state index in [1.165, 1.54) is 10.3 Å². The van der Waals surface area contributed by atoms with Gasteiger partial charge in [-0.1, -0.05) is 6.07 Å². The molecule has 0 aliphatic rings. The Kier molecular flexibility index (Phi) is 5.74. The fourth-order valence-electron chi connectivity index (χ4n) is 2.95. The lowest BCUT2D eigenvalue weighted by Crippen LogP contribution is -2.18. The molecule has 0 aliphatic heterocycles. The minimum Gasteiger partial charge on any atom is -0.494 e. The highest BCUT2D eigenvalue weighted by atomic mass is 32.1. The van der Waals surface area contributed by atoms with Crippen LogP contribution in [-0.4, -0.2) is 16.7 Å². The van der Waals surface area contributed by atoms with Gasteiger partial charge in [-0.3, -0.25) is 0 Å². The Morgan fingerprint density at radius 2 is 1.62 bits per heavy atom. The van der Waals surface area contributed by atoms with Crippen LogP contribution in [-0.2, 0) is 0 Å². The number of anilines is 2. The molecule has 0 amide bonds. The summed E-state index contributed by atoms with van der Waals surface area (Å²) in [6.45, 7) is 4.72. The smallest absolute Gasteiger partial charge is 0.175 e. The van der Waals surface area contributed by atoms with Crippen LogP contribution in [0.3, 0.4) is 0 Å². The van der Waals surface area contributed by atoms with Gasteiger partial charge in [-0.15, -0.1) is 11.3 Å². The topological polar surface area (TPSA) is 46.2 Å². The molecule has 0 bridgehead atoms. The van der Waals surface area contributed by atoms with Gasteiger partial charge in [0, 0.05) is 16.9 Å². The normalized spacial score (nSPS) is 10.7. The van der Waals surface area contributed by atoms with Crippen molar-refractivity contribution < 1.29 is 4.74 Å². The second-order valence-electron chi connectivity index (χ2n) is 6.60. The molecule has 0 aliphatic carbocycles. The predicted octanol–water partition coefficient (Wildman–Crippen LogP) is 6.48. The van der Waals surface area contributed by atoms with Crippen molar-refractivity contribution in [1.29, 1.82) is 0 Å². The van der Waals surface area contributed by atoms with Crippen LogP contribution in [0.4, 0.5) is 11.4 Å². The van der Waals surface area contributed by atoms with Gasteiger partial charge in [-0.05, 0) is 92.3 Å². The van der Waals surface area contributed by atoms with Crippen molar-refractivity contribution in [2.45, 2.75) is 13.8 Å². The van der Waals surface area contributed by atoms with Gasteiger partial charge >= 0.3 is 0 Å². The minimum atomic E-state index is 0.539. The molecule has 0 spiro atoms. The van der Waals surface area contributed by atoms with Crippen LogP contribution in [0.15, 0.2) is 66.7 Å². The zero-order chi connectivity index (χ0) is 20.2. The Hall–Kier alpha value is -2.96. The highest BCUT2D eigenvalue weighted by Gasteiger charge is 2.07. The molecule has 4 nitrogen and oxygen atoms in total. The molecule has 29 heavy (non-hydrogen) atoms. The molecule has 0 atom stereocenters. The van der Waals surface area contributed by atoms with Crippen molar-refractivity contribution in [2.24, 2.45) is 0 Å². The number of hydrogen-bond acceptors (Lipinski definition) is 4. The lowest BCUT2D eigenvalue weighted by atomic mass is 10.2. The second-order valence-corrected chi connectivity index (χ2v) is 8.04. The standard InChI is InChI=1S/C23H21N3OS2/c1-3-27-19-11-9-18(10-12-19)25-23(28)24-17-7-5-16(6-8-17)22-26-20-13-4-15(2)14-21(20)29-22/h4-14H,3H2,1-2H3,(H2,24,25,28). The first-order chi connectivity index (χ1) is 14.1. The largest absolute Gasteiger partial charge is 0.494 e. The summed E-state index contributed by atoms with van der Waals surface area (Å²) >= 11 is 7.13. The molecule has 6 heteroatoms. The van der Waals surface area contributed by atoms with Gasteiger partial charge in [0.05, 0.1) is 16.8 Å². The Bertz CT molecular complexity index is 1140. The molecular weight excluding hydrogens is 398 g/mol. The Morgan fingerprint density at radius 1 is 0.966 bits per heavy atom. The van der Waals surface area contributed by atoms with Crippen molar-refractivity contribution >= 4 is 50.3 Å². The predicted molar refractivity (Wildman–Crippen MR) is 127 cm³/mol. The molecule has 146 valence electrons. The number of aryl methyl sites for hydroxylation is 1. The SMILES string of the molecule is CCOc1ccc(NC(=S)Nc2ccc(-c3nc4ccc(C)cc4s3)cc2)cc1. The van der Waals surface area contributed by atoms with Crippen molar-refractivity contribution in [3.05, 3.63) is 72.3 Å². The molecule has 4 rings (SSSR count).